The summed E-state index contributed by atoms with van der Waals surface area (Å²) in [5.41, 5.74) is 2.97. The highest BCUT2D eigenvalue weighted by Gasteiger charge is 2.20. The Balaban J connectivity index is 1.89. The maximum absolute atomic E-state index is 3.52. The minimum absolute atomic E-state index is 0.869. The van der Waals surface area contributed by atoms with Crippen molar-refractivity contribution in [3.63, 3.8) is 0 Å². The summed E-state index contributed by atoms with van der Waals surface area (Å²) < 4.78 is 0. The molecule has 0 spiro atoms. The fraction of sp³-hybridized carbons (Fsp3) is 0.600. The molecule has 0 amide bonds. The number of benzene rings is 1. The maximum atomic E-state index is 3.52. The lowest BCUT2D eigenvalue weighted by molar-refractivity contribution is 0.260. The van der Waals surface area contributed by atoms with Gasteiger partial charge in [-0.25, -0.2) is 0 Å². The van der Waals surface area contributed by atoms with Crippen molar-refractivity contribution in [2.75, 3.05) is 13.1 Å². The first kappa shape index (κ1) is 11.7. The summed E-state index contributed by atoms with van der Waals surface area (Å²) in [5.74, 6) is 1.76. The lowest BCUT2D eigenvalue weighted by atomic mass is 9.83. The highest BCUT2D eigenvalue weighted by molar-refractivity contribution is 5.25. The highest BCUT2D eigenvalue weighted by atomic mass is 14.9. The number of hydrogen-bond acceptors (Lipinski definition) is 1. The molecule has 1 aromatic rings. The van der Waals surface area contributed by atoms with Gasteiger partial charge in [-0.2, -0.15) is 0 Å². The van der Waals surface area contributed by atoms with E-state index < -0.39 is 0 Å². The van der Waals surface area contributed by atoms with E-state index in [4.69, 9.17) is 0 Å². The van der Waals surface area contributed by atoms with Gasteiger partial charge < -0.3 is 5.32 Å². The molecule has 1 aliphatic rings. The zero-order valence-corrected chi connectivity index (χ0v) is 10.5. The van der Waals surface area contributed by atoms with Crippen LogP contribution in [0, 0.1) is 18.8 Å². The SMILES string of the molecule is Cc1ccccc1CCC1CNCCC1C. The second-order valence-corrected chi connectivity index (χ2v) is 5.20. The van der Waals surface area contributed by atoms with E-state index in [1.807, 2.05) is 0 Å². The van der Waals surface area contributed by atoms with Gasteiger partial charge in [-0.1, -0.05) is 31.2 Å². The van der Waals surface area contributed by atoms with E-state index in [1.165, 1.54) is 43.5 Å². The van der Waals surface area contributed by atoms with Gasteiger partial charge in [0.15, 0.2) is 0 Å². The minimum atomic E-state index is 0.869. The summed E-state index contributed by atoms with van der Waals surface area (Å²) in [5, 5.41) is 3.52. The Kier molecular flexibility index (Phi) is 4.00. The van der Waals surface area contributed by atoms with Crippen molar-refractivity contribution in [2.24, 2.45) is 11.8 Å². The molecule has 1 heteroatoms. The van der Waals surface area contributed by atoms with Crippen LogP contribution >= 0.6 is 0 Å². The van der Waals surface area contributed by atoms with Gasteiger partial charge in [0.05, 0.1) is 0 Å². The third-order valence-electron chi connectivity index (χ3n) is 4.03. The Morgan fingerprint density at radius 2 is 2.12 bits per heavy atom. The van der Waals surface area contributed by atoms with Crippen LogP contribution < -0.4 is 5.32 Å². The smallest absolute Gasteiger partial charge is 0.00178 e. The molecule has 16 heavy (non-hydrogen) atoms. The summed E-state index contributed by atoms with van der Waals surface area (Å²) in [6, 6.07) is 8.78. The molecular weight excluding hydrogens is 194 g/mol. The Labute approximate surface area is 99.3 Å². The van der Waals surface area contributed by atoms with Crippen molar-refractivity contribution in [1.82, 2.24) is 5.32 Å². The van der Waals surface area contributed by atoms with E-state index in [9.17, 15) is 0 Å². The van der Waals surface area contributed by atoms with Crippen molar-refractivity contribution in [2.45, 2.75) is 33.1 Å². The fourth-order valence-electron chi connectivity index (χ4n) is 2.67. The second-order valence-electron chi connectivity index (χ2n) is 5.20. The number of hydrogen-bond donors (Lipinski definition) is 1. The minimum Gasteiger partial charge on any atom is -0.316 e. The van der Waals surface area contributed by atoms with Crippen molar-refractivity contribution in [1.29, 1.82) is 0 Å². The molecule has 1 fully saturated rings. The Hall–Kier alpha value is -0.820. The van der Waals surface area contributed by atoms with Crippen LogP contribution in [0.2, 0.25) is 0 Å². The third kappa shape index (κ3) is 2.85. The van der Waals surface area contributed by atoms with Gasteiger partial charge in [-0.15, -0.1) is 0 Å². The molecule has 0 aromatic heterocycles. The predicted octanol–water partition coefficient (Wildman–Crippen LogP) is 3.17. The van der Waals surface area contributed by atoms with Crippen LogP contribution in [0.1, 0.15) is 30.9 Å². The Bertz CT molecular complexity index is 332. The summed E-state index contributed by atoms with van der Waals surface area (Å²) in [4.78, 5) is 0. The Morgan fingerprint density at radius 1 is 1.31 bits per heavy atom. The van der Waals surface area contributed by atoms with Gasteiger partial charge in [-0.3, -0.25) is 0 Å². The van der Waals surface area contributed by atoms with Gasteiger partial charge in [0.2, 0.25) is 0 Å². The van der Waals surface area contributed by atoms with E-state index in [0.29, 0.717) is 0 Å². The molecule has 0 bridgehead atoms. The van der Waals surface area contributed by atoms with Crippen LogP contribution in [0.5, 0.6) is 0 Å². The lowest BCUT2D eigenvalue weighted by Crippen LogP contribution is -2.35. The number of aryl methyl sites for hydroxylation is 2. The molecule has 0 radical (unpaired) electrons. The monoisotopic (exact) mass is 217 g/mol. The van der Waals surface area contributed by atoms with E-state index in [-0.39, 0.29) is 0 Å². The van der Waals surface area contributed by atoms with Gasteiger partial charge in [0, 0.05) is 0 Å². The van der Waals surface area contributed by atoms with Crippen LogP contribution in [0.4, 0.5) is 0 Å². The molecule has 2 atom stereocenters. The fourth-order valence-corrected chi connectivity index (χ4v) is 2.67. The predicted molar refractivity (Wildman–Crippen MR) is 69.6 cm³/mol. The first-order valence-corrected chi connectivity index (χ1v) is 6.52. The molecule has 2 rings (SSSR count). The van der Waals surface area contributed by atoms with E-state index in [2.05, 4.69) is 43.4 Å². The first-order chi connectivity index (χ1) is 7.77. The molecule has 88 valence electrons. The summed E-state index contributed by atoms with van der Waals surface area (Å²) in [6.07, 6.45) is 3.92. The van der Waals surface area contributed by atoms with Crippen LogP contribution in [-0.4, -0.2) is 13.1 Å². The standard InChI is InChI=1S/C15H23N/c1-12-5-3-4-6-14(12)7-8-15-11-16-10-9-13(15)2/h3-6,13,15-16H,7-11H2,1-2H3. The zero-order valence-electron chi connectivity index (χ0n) is 10.5. The number of piperidine rings is 1. The average molecular weight is 217 g/mol. The van der Waals surface area contributed by atoms with E-state index >= 15 is 0 Å². The Morgan fingerprint density at radius 3 is 2.88 bits per heavy atom. The highest BCUT2D eigenvalue weighted by Crippen LogP contribution is 2.23. The van der Waals surface area contributed by atoms with Gasteiger partial charge in [0.1, 0.15) is 0 Å². The maximum Gasteiger partial charge on any atom is -0.00178 e. The summed E-state index contributed by atoms with van der Waals surface area (Å²) in [6.45, 7) is 7.05. The van der Waals surface area contributed by atoms with E-state index in [1.54, 1.807) is 0 Å². The molecule has 1 saturated heterocycles. The van der Waals surface area contributed by atoms with Crippen LogP contribution in [0.25, 0.3) is 0 Å². The van der Waals surface area contributed by atoms with Crippen molar-refractivity contribution in [3.8, 4) is 0 Å². The van der Waals surface area contributed by atoms with Gasteiger partial charge in [-0.05, 0) is 62.2 Å². The quantitative estimate of drug-likeness (QED) is 0.820. The molecule has 1 nitrogen and oxygen atoms in total. The second kappa shape index (κ2) is 5.49. The molecule has 2 unspecified atom stereocenters. The topological polar surface area (TPSA) is 12.0 Å². The molecule has 1 aliphatic heterocycles. The number of nitrogens with one attached hydrogen (secondary N) is 1. The van der Waals surface area contributed by atoms with Crippen molar-refractivity contribution in [3.05, 3.63) is 35.4 Å². The average Bonchev–Trinajstić information content (AvgIpc) is 2.30. The van der Waals surface area contributed by atoms with E-state index in [0.717, 1.165) is 11.8 Å². The number of rotatable bonds is 3. The van der Waals surface area contributed by atoms with Crippen LogP contribution in [0.15, 0.2) is 24.3 Å². The first-order valence-electron chi connectivity index (χ1n) is 6.52. The molecule has 1 N–H and O–H groups in total. The summed E-state index contributed by atoms with van der Waals surface area (Å²) in [7, 11) is 0. The van der Waals surface area contributed by atoms with Crippen molar-refractivity contribution >= 4 is 0 Å². The van der Waals surface area contributed by atoms with Gasteiger partial charge >= 0.3 is 0 Å². The third-order valence-corrected chi connectivity index (χ3v) is 4.03. The van der Waals surface area contributed by atoms with Gasteiger partial charge in [0.25, 0.3) is 0 Å². The van der Waals surface area contributed by atoms with Crippen LogP contribution in [-0.2, 0) is 6.42 Å². The molecule has 1 heterocycles. The summed E-state index contributed by atoms with van der Waals surface area (Å²) >= 11 is 0. The molecule has 0 aliphatic carbocycles. The zero-order chi connectivity index (χ0) is 11.4. The van der Waals surface area contributed by atoms with Crippen molar-refractivity contribution < 1.29 is 0 Å². The molecular formula is C15H23N. The normalized spacial score (nSPS) is 25.6. The lowest BCUT2D eigenvalue weighted by Gasteiger charge is -2.29. The molecule has 0 saturated carbocycles. The largest absolute Gasteiger partial charge is 0.316 e. The molecule has 1 aromatic carbocycles. The van der Waals surface area contributed by atoms with Crippen LogP contribution in [0.3, 0.4) is 0 Å².